The van der Waals surface area contributed by atoms with Crippen LogP contribution in [0.25, 0.3) is 0 Å². The fourth-order valence-electron chi connectivity index (χ4n) is 2.24. The molecule has 1 aromatic carbocycles. The average molecular weight is 310 g/mol. The van der Waals surface area contributed by atoms with Crippen LogP contribution >= 0.6 is 23.8 Å². The van der Waals surface area contributed by atoms with Crippen LogP contribution < -0.4 is 11.1 Å². The summed E-state index contributed by atoms with van der Waals surface area (Å²) in [6.45, 7) is 5.87. The highest BCUT2D eigenvalue weighted by Crippen LogP contribution is 2.27. The fraction of sp³-hybridized carbons (Fsp3) is 0.286. The Morgan fingerprint density at radius 2 is 2.15 bits per heavy atom. The maximum absolute atomic E-state index is 6.16. The topological polar surface area (TPSA) is 64.1 Å². The predicted molar refractivity (Wildman–Crippen MR) is 85.4 cm³/mol. The highest BCUT2D eigenvalue weighted by molar-refractivity contribution is 7.80. The molecule has 20 heavy (non-hydrogen) atoms. The molecule has 1 heterocycles. The van der Waals surface area contributed by atoms with Crippen LogP contribution in [-0.2, 0) is 0 Å². The van der Waals surface area contributed by atoms with Gasteiger partial charge in [-0.3, -0.25) is 0 Å². The lowest BCUT2D eigenvalue weighted by molar-refractivity contribution is 0.392. The molecule has 3 N–H and O–H groups in total. The van der Waals surface area contributed by atoms with Crippen molar-refractivity contribution in [2.75, 3.05) is 5.32 Å². The summed E-state index contributed by atoms with van der Waals surface area (Å²) in [5, 5.41) is 7.86. The van der Waals surface area contributed by atoms with E-state index in [9.17, 15) is 0 Å². The van der Waals surface area contributed by atoms with Crippen LogP contribution in [0.5, 0.6) is 0 Å². The Morgan fingerprint density at radius 3 is 2.65 bits per heavy atom. The molecule has 4 nitrogen and oxygen atoms in total. The van der Waals surface area contributed by atoms with E-state index in [2.05, 4.69) is 10.5 Å². The molecular weight excluding hydrogens is 294 g/mol. The maximum Gasteiger partial charge on any atom is 0.139 e. The number of hydrogen-bond acceptors (Lipinski definition) is 4. The SMILES string of the molecule is Cc1noc(C)c1C(C)Nc1ccc(C(N)=S)c(Cl)c1. The predicted octanol–water partition coefficient (Wildman–Crippen LogP) is 3.75. The van der Waals surface area contributed by atoms with Crippen LogP contribution in [0.1, 0.15) is 35.5 Å². The molecule has 0 saturated carbocycles. The lowest BCUT2D eigenvalue weighted by Gasteiger charge is -2.16. The van der Waals surface area contributed by atoms with Crippen molar-refractivity contribution in [1.82, 2.24) is 5.16 Å². The zero-order valence-electron chi connectivity index (χ0n) is 11.5. The molecule has 2 rings (SSSR count). The van der Waals surface area contributed by atoms with Gasteiger partial charge >= 0.3 is 0 Å². The molecule has 0 saturated heterocycles. The van der Waals surface area contributed by atoms with Gasteiger partial charge in [0.05, 0.1) is 16.8 Å². The van der Waals surface area contributed by atoms with Crippen LogP contribution in [0.4, 0.5) is 5.69 Å². The van der Waals surface area contributed by atoms with Crippen molar-refractivity contribution in [2.45, 2.75) is 26.8 Å². The van der Waals surface area contributed by atoms with Crippen molar-refractivity contribution < 1.29 is 4.52 Å². The standard InChI is InChI=1S/C14H16ClN3OS/c1-7(13-8(2)18-19-9(13)3)17-10-4-5-11(14(16)20)12(15)6-10/h4-7,17H,1-3H3,(H2,16,20). The molecule has 0 bridgehead atoms. The van der Waals surface area contributed by atoms with Gasteiger partial charge in [0.2, 0.25) is 0 Å². The van der Waals surface area contributed by atoms with Gasteiger partial charge < -0.3 is 15.6 Å². The Kier molecular flexibility index (Phi) is 4.30. The van der Waals surface area contributed by atoms with Gasteiger partial charge in [-0.25, -0.2) is 0 Å². The second-order valence-electron chi connectivity index (χ2n) is 4.66. The smallest absolute Gasteiger partial charge is 0.139 e. The summed E-state index contributed by atoms with van der Waals surface area (Å²) in [5.74, 6) is 0.813. The van der Waals surface area contributed by atoms with E-state index in [1.807, 2.05) is 39.0 Å². The number of nitrogens with zero attached hydrogens (tertiary/aromatic N) is 1. The number of aryl methyl sites for hydroxylation is 2. The van der Waals surface area contributed by atoms with E-state index in [0.717, 1.165) is 22.7 Å². The number of hydrogen-bond donors (Lipinski definition) is 2. The average Bonchev–Trinajstić information content (AvgIpc) is 2.68. The summed E-state index contributed by atoms with van der Waals surface area (Å²) in [6.07, 6.45) is 0. The number of nitrogens with one attached hydrogen (secondary N) is 1. The van der Waals surface area contributed by atoms with E-state index < -0.39 is 0 Å². The molecule has 1 atom stereocenters. The first-order valence-electron chi connectivity index (χ1n) is 6.18. The van der Waals surface area contributed by atoms with E-state index in [4.69, 9.17) is 34.1 Å². The van der Waals surface area contributed by atoms with Crippen molar-refractivity contribution in [3.05, 3.63) is 45.8 Å². The fourth-order valence-corrected chi connectivity index (χ4v) is 2.75. The summed E-state index contributed by atoms with van der Waals surface area (Å²) in [7, 11) is 0. The number of halogens is 1. The van der Waals surface area contributed by atoms with E-state index >= 15 is 0 Å². The van der Waals surface area contributed by atoms with Gasteiger partial charge in [0.15, 0.2) is 0 Å². The van der Waals surface area contributed by atoms with E-state index in [-0.39, 0.29) is 6.04 Å². The first kappa shape index (κ1) is 14.8. The Bertz CT molecular complexity index is 634. The van der Waals surface area contributed by atoms with Gasteiger partial charge in [0, 0.05) is 16.8 Å². The summed E-state index contributed by atoms with van der Waals surface area (Å²) in [6, 6.07) is 5.58. The molecule has 0 fully saturated rings. The van der Waals surface area contributed by atoms with Crippen LogP contribution in [0, 0.1) is 13.8 Å². The Balaban J connectivity index is 2.22. The van der Waals surface area contributed by atoms with Crippen LogP contribution in [0.3, 0.4) is 0 Å². The zero-order chi connectivity index (χ0) is 14.9. The third-order valence-corrected chi connectivity index (χ3v) is 3.67. The molecule has 0 aliphatic heterocycles. The van der Waals surface area contributed by atoms with Gasteiger partial charge in [-0.2, -0.15) is 0 Å². The molecule has 0 aliphatic rings. The molecule has 1 unspecified atom stereocenters. The van der Waals surface area contributed by atoms with Crippen LogP contribution in [0.15, 0.2) is 22.7 Å². The summed E-state index contributed by atoms with van der Waals surface area (Å²) >= 11 is 11.1. The van der Waals surface area contributed by atoms with Crippen molar-refractivity contribution in [2.24, 2.45) is 5.73 Å². The lowest BCUT2D eigenvalue weighted by atomic mass is 10.1. The second kappa shape index (κ2) is 5.81. The van der Waals surface area contributed by atoms with Crippen molar-refractivity contribution >= 4 is 34.5 Å². The third kappa shape index (κ3) is 2.94. The normalized spacial score (nSPS) is 12.2. The molecule has 1 aromatic heterocycles. The number of nitrogens with two attached hydrogens (primary N) is 1. The third-order valence-electron chi connectivity index (χ3n) is 3.14. The van der Waals surface area contributed by atoms with Gasteiger partial charge in [0.1, 0.15) is 10.7 Å². The molecule has 0 amide bonds. The Morgan fingerprint density at radius 1 is 1.45 bits per heavy atom. The van der Waals surface area contributed by atoms with Gasteiger partial charge in [-0.1, -0.05) is 29.0 Å². The lowest BCUT2D eigenvalue weighted by Crippen LogP contribution is -2.11. The summed E-state index contributed by atoms with van der Waals surface area (Å²) < 4.78 is 5.18. The largest absolute Gasteiger partial charge is 0.389 e. The quantitative estimate of drug-likeness (QED) is 0.842. The number of benzene rings is 1. The molecule has 0 radical (unpaired) electrons. The van der Waals surface area contributed by atoms with E-state index in [0.29, 0.717) is 15.6 Å². The summed E-state index contributed by atoms with van der Waals surface area (Å²) in [4.78, 5) is 0.292. The van der Waals surface area contributed by atoms with Crippen molar-refractivity contribution in [3.63, 3.8) is 0 Å². The number of aromatic nitrogens is 1. The van der Waals surface area contributed by atoms with E-state index in [1.165, 1.54) is 0 Å². The van der Waals surface area contributed by atoms with Gasteiger partial charge in [-0.15, -0.1) is 0 Å². The van der Waals surface area contributed by atoms with Crippen LogP contribution in [-0.4, -0.2) is 10.1 Å². The minimum Gasteiger partial charge on any atom is -0.389 e. The Labute approximate surface area is 128 Å². The maximum atomic E-state index is 6.16. The minimum absolute atomic E-state index is 0.0630. The second-order valence-corrected chi connectivity index (χ2v) is 5.51. The van der Waals surface area contributed by atoms with E-state index in [1.54, 1.807) is 0 Å². The zero-order valence-corrected chi connectivity index (χ0v) is 13.1. The Hall–Kier alpha value is -1.59. The van der Waals surface area contributed by atoms with Gasteiger partial charge in [0.25, 0.3) is 0 Å². The highest BCUT2D eigenvalue weighted by Gasteiger charge is 2.16. The molecular formula is C14H16ClN3OS. The number of rotatable bonds is 4. The minimum atomic E-state index is 0.0630. The van der Waals surface area contributed by atoms with Crippen LogP contribution in [0.2, 0.25) is 5.02 Å². The molecule has 2 aromatic rings. The monoisotopic (exact) mass is 309 g/mol. The van der Waals surface area contributed by atoms with Crippen molar-refractivity contribution in [1.29, 1.82) is 0 Å². The number of anilines is 1. The van der Waals surface area contributed by atoms with Gasteiger partial charge in [-0.05, 0) is 39.0 Å². The highest BCUT2D eigenvalue weighted by atomic mass is 35.5. The first-order chi connectivity index (χ1) is 9.40. The molecule has 6 heteroatoms. The number of thiocarbonyl (C=S) groups is 1. The van der Waals surface area contributed by atoms with Crippen molar-refractivity contribution in [3.8, 4) is 0 Å². The summed E-state index contributed by atoms with van der Waals surface area (Å²) in [5.41, 5.74) is 9.10. The first-order valence-corrected chi connectivity index (χ1v) is 6.97. The molecule has 0 spiro atoms. The molecule has 106 valence electrons. The molecule has 0 aliphatic carbocycles.